The molecule has 0 saturated heterocycles. The van der Waals surface area contributed by atoms with Gasteiger partial charge >= 0.3 is 5.97 Å². The number of aromatic nitrogens is 1. The molecule has 50 heavy (non-hydrogen) atoms. The van der Waals surface area contributed by atoms with Crippen LogP contribution < -0.4 is 0 Å². The second-order valence-electron chi connectivity index (χ2n) is 10.7. The Hall–Kier alpha value is -6.05. The van der Waals surface area contributed by atoms with Crippen LogP contribution in [0.4, 0.5) is 30.7 Å². The molecule has 0 aliphatic rings. The van der Waals surface area contributed by atoms with Gasteiger partial charge in [-0.2, -0.15) is 10.5 Å². The molecule has 0 amide bonds. The third kappa shape index (κ3) is 5.71. The highest BCUT2D eigenvalue weighted by molar-refractivity contribution is 7.98. The van der Waals surface area contributed by atoms with E-state index >= 15 is 17.6 Å². The zero-order chi connectivity index (χ0) is 35.9. The Kier molecular flexibility index (Phi) is 9.11. The second-order valence-corrected chi connectivity index (χ2v) is 11.7. The van der Waals surface area contributed by atoms with Gasteiger partial charge in [0.15, 0.2) is 23.3 Å². The smallest absolute Gasteiger partial charge is 0.344 e. The van der Waals surface area contributed by atoms with Gasteiger partial charge in [0, 0.05) is 32.5 Å². The van der Waals surface area contributed by atoms with E-state index in [1.165, 1.54) is 72.8 Å². The Bertz CT molecular complexity index is 2370. The van der Waals surface area contributed by atoms with Crippen molar-refractivity contribution in [1.82, 2.24) is 3.97 Å². The number of nitriles is 2. The van der Waals surface area contributed by atoms with E-state index in [1.807, 2.05) is 12.1 Å². The lowest BCUT2D eigenvalue weighted by molar-refractivity contribution is 0.0587. The minimum Gasteiger partial charge on any atom is -0.465 e. The third-order valence-corrected chi connectivity index (χ3v) is 8.89. The molecule has 0 N–H and O–H groups in total. The Morgan fingerprint density at radius 3 is 1.92 bits per heavy atom. The number of carbonyl (C=O) groups excluding carboxylic acids is 1. The predicted molar refractivity (Wildman–Crippen MR) is 171 cm³/mol. The lowest BCUT2D eigenvalue weighted by atomic mass is 9.90. The number of hydrogen-bond donors (Lipinski definition) is 0. The number of rotatable bonds is 7. The van der Waals surface area contributed by atoms with Crippen LogP contribution in [0.2, 0.25) is 0 Å². The van der Waals surface area contributed by atoms with Gasteiger partial charge in [0.05, 0.1) is 47.1 Å². The molecule has 0 atom stereocenters. The van der Waals surface area contributed by atoms with Crippen LogP contribution in [0.1, 0.15) is 33.5 Å². The lowest BCUT2D eigenvalue weighted by Gasteiger charge is -2.16. The molecule has 6 rings (SSSR count). The van der Waals surface area contributed by atoms with Gasteiger partial charge in [-0.15, -0.1) is 0 Å². The molecule has 0 spiro atoms. The first-order valence-corrected chi connectivity index (χ1v) is 15.2. The van der Waals surface area contributed by atoms with Gasteiger partial charge in [-0.1, -0.05) is 36.4 Å². The van der Waals surface area contributed by atoms with Crippen LogP contribution in [-0.2, 0) is 4.74 Å². The van der Waals surface area contributed by atoms with E-state index < -0.39 is 52.6 Å². The van der Waals surface area contributed by atoms with Crippen LogP contribution >= 0.6 is 11.9 Å². The summed E-state index contributed by atoms with van der Waals surface area (Å²) in [5.41, 5.74) is -2.41. The number of benzene rings is 5. The first kappa shape index (κ1) is 33.8. The summed E-state index contributed by atoms with van der Waals surface area (Å²) in [6, 6.07) is 22.6. The van der Waals surface area contributed by atoms with Gasteiger partial charge in [-0.25, -0.2) is 35.5 Å². The fourth-order valence-corrected chi connectivity index (χ4v) is 6.63. The molecular weight excluding hydrogens is 683 g/mol. The van der Waals surface area contributed by atoms with Crippen molar-refractivity contribution >= 4 is 28.8 Å². The zero-order valence-electron chi connectivity index (χ0n) is 25.4. The maximum Gasteiger partial charge on any atom is 0.344 e. The van der Waals surface area contributed by atoms with E-state index in [0.717, 1.165) is 31.2 Å². The summed E-state index contributed by atoms with van der Waals surface area (Å²) in [4.78, 5) is 12.3. The maximum absolute atomic E-state index is 15.5. The van der Waals surface area contributed by atoms with Gasteiger partial charge in [0.2, 0.25) is 0 Å². The van der Waals surface area contributed by atoms with E-state index in [1.54, 1.807) is 3.97 Å². The molecule has 1 heterocycles. The molecule has 0 unspecified atom stereocenters. The fourth-order valence-electron chi connectivity index (χ4n) is 5.62. The Labute approximate surface area is 283 Å². The number of ether oxygens (including phenoxy) is 1. The standard InChI is InChI=1S/C37H18F7N3O2S/c1-49-37(48)30-33(41)31(39)28(32(40)34(30)42)19-4-2-5-20(14-19)35-29(27-21(16-45)6-3-7-22(27)17-46)25-15-23(38)10-13-26(25)47(35)50-24-11-8-18(9-12-24)36(43)44/h2-15,36H,1H3. The largest absolute Gasteiger partial charge is 0.465 e. The van der Waals surface area contributed by atoms with Crippen LogP contribution in [0.3, 0.4) is 0 Å². The van der Waals surface area contributed by atoms with E-state index in [-0.39, 0.29) is 50.0 Å². The molecule has 0 saturated carbocycles. The molecular formula is C37H18F7N3O2S. The van der Waals surface area contributed by atoms with Gasteiger partial charge in [0.1, 0.15) is 11.4 Å². The molecule has 0 fully saturated rings. The van der Waals surface area contributed by atoms with Crippen LogP contribution in [0.5, 0.6) is 0 Å². The molecule has 5 aromatic carbocycles. The van der Waals surface area contributed by atoms with E-state index in [9.17, 15) is 28.5 Å². The summed E-state index contributed by atoms with van der Waals surface area (Å²) < 4.78 is 108. The monoisotopic (exact) mass is 701 g/mol. The molecule has 0 aliphatic heterocycles. The molecule has 248 valence electrons. The number of halogens is 7. The first-order valence-electron chi connectivity index (χ1n) is 14.4. The molecule has 0 radical (unpaired) electrons. The Morgan fingerprint density at radius 1 is 0.740 bits per heavy atom. The van der Waals surface area contributed by atoms with Crippen LogP contribution in [0.15, 0.2) is 89.8 Å². The zero-order valence-corrected chi connectivity index (χ0v) is 26.2. The predicted octanol–water partition coefficient (Wildman–Crippen LogP) is 10.4. The Balaban J connectivity index is 1.71. The normalized spacial score (nSPS) is 11.1. The molecule has 6 aromatic rings. The molecule has 0 aliphatic carbocycles. The quantitative estimate of drug-likeness (QED) is 0.0941. The average Bonchev–Trinajstić information content (AvgIpc) is 3.42. The summed E-state index contributed by atoms with van der Waals surface area (Å²) in [5.74, 6) is -10.0. The third-order valence-electron chi connectivity index (χ3n) is 7.85. The molecule has 0 bridgehead atoms. The van der Waals surface area contributed by atoms with Crippen molar-refractivity contribution in [3.05, 3.63) is 136 Å². The van der Waals surface area contributed by atoms with Gasteiger partial charge in [-0.05, 0) is 66.0 Å². The van der Waals surface area contributed by atoms with E-state index in [2.05, 4.69) is 4.74 Å². The number of esters is 1. The maximum atomic E-state index is 15.5. The van der Waals surface area contributed by atoms with Crippen molar-refractivity contribution in [1.29, 1.82) is 10.5 Å². The number of nitrogens with zero attached hydrogens (tertiary/aromatic N) is 3. The number of methoxy groups -OCH3 is 1. The minimum absolute atomic E-state index is 0.0238. The number of carbonyl (C=O) groups is 1. The number of fused-ring (bicyclic) bond motifs is 1. The van der Waals surface area contributed by atoms with Crippen molar-refractivity contribution in [3.63, 3.8) is 0 Å². The van der Waals surface area contributed by atoms with Crippen molar-refractivity contribution in [3.8, 4) is 45.6 Å². The van der Waals surface area contributed by atoms with Gasteiger partial charge in [-0.3, -0.25) is 3.97 Å². The summed E-state index contributed by atoms with van der Waals surface area (Å²) in [6.07, 6.45) is -2.74. The highest BCUT2D eigenvalue weighted by Gasteiger charge is 2.31. The molecule has 1 aromatic heterocycles. The number of alkyl halides is 2. The highest BCUT2D eigenvalue weighted by Crippen LogP contribution is 2.47. The average molecular weight is 702 g/mol. The van der Waals surface area contributed by atoms with Crippen molar-refractivity contribution < 1.29 is 40.3 Å². The van der Waals surface area contributed by atoms with Crippen molar-refractivity contribution in [2.24, 2.45) is 0 Å². The minimum atomic E-state index is -2.74. The highest BCUT2D eigenvalue weighted by atomic mass is 32.2. The van der Waals surface area contributed by atoms with E-state index in [0.29, 0.717) is 10.4 Å². The lowest BCUT2D eigenvalue weighted by Crippen LogP contribution is -2.13. The van der Waals surface area contributed by atoms with Gasteiger partial charge < -0.3 is 4.74 Å². The SMILES string of the molecule is COC(=O)c1c(F)c(F)c(-c2cccc(-c3c(-c4c(C#N)cccc4C#N)c4cc(F)ccc4n3Sc3ccc(C(F)F)cc3)c2)c(F)c1F. The van der Waals surface area contributed by atoms with Crippen LogP contribution in [-0.4, -0.2) is 17.1 Å². The molecule has 13 heteroatoms. The molecule has 5 nitrogen and oxygen atoms in total. The van der Waals surface area contributed by atoms with Gasteiger partial charge in [0.25, 0.3) is 6.43 Å². The summed E-state index contributed by atoms with van der Waals surface area (Å²) >= 11 is 0.992. The summed E-state index contributed by atoms with van der Waals surface area (Å²) in [6.45, 7) is 0. The van der Waals surface area contributed by atoms with Crippen molar-refractivity contribution in [2.75, 3.05) is 7.11 Å². The topological polar surface area (TPSA) is 78.8 Å². The summed E-state index contributed by atoms with van der Waals surface area (Å²) in [7, 11) is 0.782. The second kappa shape index (κ2) is 13.5. The van der Waals surface area contributed by atoms with Crippen LogP contribution in [0.25, 0.3) is 44.4 Å². The number of hydrogen-bond acceptors (Lipinski definition) is 5. The fraction of sp³-hybridized carbons (Fsp3) is 0.0541. The van der Waals surface area contributed by atoms with Crippen molar-refractivity contribution in [2.45, 2.75) is 11.3 Å². The first-order chi connectivity index (χ1) is 24.0. The van der Waals surface area contributed by atoms with E-state index in [4.69, 9.17) is 0 Å². The Morgan fingerprint density at radius 2 is 1.34 bits per heavy atom. The summed E-state index contributed by atoms with van der Waals surface area (Å²) in [5, 5.41) is 20.4. The van der Waals surface area contributed by atoms with Crippen LogP contribution in [0, 0.1) is 51.7 Å².